The maximum atomic E-state index is 12.8. The smallest absolute Gasteiger partial charge is 0.320 e. The summed E-state index contributed by atoms with van der Waals surface area (Å²) in [5, 5.41) is 19.2. The number of furan rings is 1. The summed E-state index contributed by atoms with van der Waals surface area (Å²) >= 11 is 0. The second kappa shape index (κ2) is 14.0. The molecule has 1 heterocycles. The van der Waals surface area contributed by atoms with Crippen LogP contribution in [0.3, 0.4) is 0 Å². The van der Waals surface area contributed by atoms with E-state index < -0.39 is 23.9 Å². The fourth-order valence-electron chi connectivity index (χ4n) is 3.44. The number of unbranched alkanes of at least 4 members (excludes halogenated alkanes) is 2. The molecule has 0 saturated heterocycles. The lowest BCUT2D eigenvalue weighted by Crippen LogP contribution is -2.39. The summed E-state index contributed by atoms with van der Waals surface area (Å²) in [5.41, 5.74) is 3.03. The van der Waals surface area contributed by atoms with Crippen LogP contribution in [-0.4, -0.2) is 35.5 Å². The van der Waals surface area contributed by atoms with E-state index in [9.17, 15) is 19.2 Å². The number of anilines is 2. The molecule has 0 aliphatic carbocycles. The molecular formula is C26H29N5O6. The van der Waals surface area contributed by atoms with Crippen LogP contribution in [0.1, 0.15) is 47.6 Å². The number of rotatable bonds is 12. The highest BCUT2D eigenvalue weighted by atomic mass is 16.5. The molecule has 0 radical (unpaired) electrons. The zero-order chi connectivity index (χ0) is 26.5. The molecule has 11 nitrogen and oxygen atoms in total. The van der Waals surface area contributed by atoms with E-state index in [-0.39, 0.29) is 18.2 Å². The van der Waals surface area contributed by atoms with Gasteiger partial charge in [0.2, 0.25) is 5.91 Å². The molecule has 11 heteroatoms. The average Bonchev–Trinajstić information content (AvgIpc) is 3.42. The predicted molar refractivity (Wildman–Crippen MR) is 136 cm³/mol. The number of hydrogen-bond donors (Lipinski definition) is 6. The van der Waals surface area contributed by atoms with Crippen LogP contribution in [-0.2, 0) is 9.59 Å². The molecule has 2 aromatic carbocycles. The van der Waals surface area contributed by atoms with Gasteiger partial charge in [0, 0.05) is 30.3 Å². The molecule has 0 bridgehead atoms. The number of benzene rings is 2. The summed E-state index contributed by atoms with van der Waals surface area (Å²) in [6, 6.07) is 16.8. The van der Waals surface area contributed by atoms with E-state index in [1.165, 1.54) is 6.26 Å². The van der Waals surface area contributed by atoms with Crippen LogP contribution in [0.4, 0.5) is 16.4 Å². The number of amides is 5. The summed E-state index contributed by atoms with van der Waals surface area (Å²) in [6.45, 7) is 0.447. The summed E-state index contributed by atoms with van der Waals surface area (Å²) < 4.78 is 5.16. The van der Waals surface area contributed by atoms with E-state index in [2.05, 4.69) is 21.3 Å². The van der Waals surface area contributed by atoms with Crippen LogP contribution in [0.25, 0.3) is 0 Å². The average molecular weight is 508 g/mol. The van der Waals surface area contributed by atoms with Crippen molar-refractivity contribution in [1.29, 1.82) is 0 Å². The molecule has 0 fully saturated rings. The van der Waals surface area contributed by atoms with Gasteiger partial charge in [-0.25, -0.2) is 10.3 Å². The van der Waals surface area contributed by atoms with Crippen molar-refractivity contribution in [1.82, 2.24) is 16.1 Å². The van der Waals surface area contributed by atoms with Gasteiger partial charge in [-0.3, -0.25) is 24.9 Å². The standard InChI is InChI=1S/C26H29N5O6/c32-21(31-36)10-5-2-6-16-27-24(33)19-12-14-20(15-13-19)28-26(35)30-23(18-8-3-1-4-9-18)25(34)29-22-11-7-17-37-22/h1,3-4,7-9,11-15,17,23,36H,2,5-6,10,16H2,(H,27,33)(H,29,34)(H,31,32)(H2,28,30,35)/t23-/m0/s1. The van der Waals surface area contributed by atoms with Crippen molar-refractivity contribution in [3.63, 3.8) is 0 Å². The van der Waals surface area contributed by atoms with E-state index in [4.69, 9.17) is 9.62 Å². The Morgan fingerprint density at radius 2 is 1.59 bits per heavy atom. The molecule has 0 spiro atoms. The van der Waals surface area contributed by atoms with E-state index >= 15 is 0 Å². The number of nitrogens with one attached hydrogen (secondary N) is 5. The Kier molecular flexibility index (Phi) is 10.2. The van der Waals surface area contributed by atoms with Crippen LogP contribution >= 0.6 is 0 Å². The zero-order valence-electron chi connectivity index (χ0n) is 20.0. The van der Waals surface area contributed by atoms with E-state index in [1.54, 1.807) is 66.1 Å². The summed E-state index contributed by atoms with van der Waals surface area (Å²) in [7, 11) is 0. The van der Waals surface area contributed by atoms with Gasteiger partial charge < -0.3 is 20.4 Å². The van der Waals surface area contributed by atoms with Gasteiger partial charge >= 0.3 is 6.03 Å². The molecule has 1 aromatic heterocycles. The van der Waals surface area contributed by atoms with Crippen LogP contribution in [0.2, 0.25) is 0 Å². The van der Waals surface area contributed by atoms with Gasteiger partial charge in [-0.05, 0) is 48.7 Å². The van der Waals surface area contributed by atoms with Gasteiger partial charge in [-0.2, -0.15) is 0 Å². The highest BCUT2D eigenvalue weighted by Crippen LogP contribution is 2.17. The quantitative estimate of drug-likeness (QED) is 0.125. The minimum atomic E-state index is -0.977. The third-order valence-electron chi connectivity index (χ3n) is 5.33. The second-order valence-corrected chi connectivity index (χ2v) is 8.09. The Morgan fingerprint density at radius 3 is 2.27 bits per heavy atom. The van der Waals surface area contributed by atoms with Crippen LogP contribution in [0.15, 0.2) is 77.4 Å². The minimum Gasteiger partial charge on any atom is -0.449 e. The first-order valence-electron chi connectivity index (χ1n) is 11.7. The molecule has 3 aromatic rings. The summed E-state index contributed by atoms with van der Waals surface area (Å²) in [5.74, 6) is -0.905. The largest absolute Gasteiger partial charge is 0.449 e. The summed E-state index contributed by atoms with van der Waals surface area (Å²) in [6.07, 6.45) is 3.70. The van der Waals surface area contributed by atoms with E-state index in [1.807, 2.05) is 6.07 Å². The third kappa shape index (κ3) is 8.82. The van der Waals surface area contributed by atoms with Crippen molar-refractivity contribution in [2.75, 3.05) is 17.2 Å². The lowest BCUT2D eigenvalue weighted by molar-refractivity contribution is -0.129. The molecule has 6 N–H and O–H groups in total. The van der Waals surface area contributed by atoms with Crippen molar-refractivity contribution in [2.24, 2.45) is 0 Å². The maximum absolute atomic E-state index is 12.8. The molecule has 1 atom stereocenters. The number of hydrogen-bond acceptors (Lipinski definition) is 6. The minimum absolute atomic E-state index is 0.229. The van der Waals surface area contributed by atoms with Gasteiger partial charge in [0.1, 0.15) is 6.04 Å². The van der Waals surface area contributed by atoms with Crippen molar-refractivity contribution in [3.8, 4) is 0 Å². The number of carbonyl (C=O) groups is 4. The Balaban J connectivity index is 1.50. The van der Waals surface area contributed by atoms with Gasteiger partial charge in [-0.15, -0.1) is 0 Å². The SMILES string of the molecule is O=C(CCCCCNC(=O)c1ccc(NC(=O)N[C@H](C(=O)Nc2ccco2)c2ccccc2)cc1)NO. The van der Waals surface area contributed by atoms with Gasteiger partial charge in [0.25, 0.3) is 11.8 Å². The molecular weight excluding hydrogens is 478 g/mol. The lowest BCUT2D eigenvalue weighted by atomic mass is 10.1. The Labute approximate surface area is 213 Å². The van der Waals surface area contributed by atoms with Crippen LogP contribution in [0.5, 0.6) is 0 Å². The lowest BCUT2D eigenvalue weighted by Gasteiger charge is -2.18. The topological polar surface area (TPSA) is 162 Å². The first kappa shape index (κ1) is 27.0. The van der Waals surface area contributed by atoms with Crippen LogP contribution in [0, 0.1) is 0 Å². The van der Waals surface area contributed by atoms with Crippen molar-refractivity contribution >= 4 is 35.3 Å². The normalized spacial score (nSPS) is 11.2. The molecule has 0 saturated carbocycles. The molecule has 0 unspecified atom stereocenters. The number of hydroxylamine groups is 1. The monoisotopic (exact) mass is 507 g/mol. The third-order valence-corrected chi connectivity index (χ3v) is 5.33. The Morgan fingerprint density at radius 1 is 0.838 bits per heavy atom. The Hall–Kier alpha value is -4.64. The molecule has 37 heavy (non-hydrogen) atoms. The van der Waals surface area contributed by atoms with E-state index in [0.29, 0.717) is 36.2 Å². The van der Waals surface area contributed by atoms with Crippen molar-refractivity contribution < 1.29 is 28.8 Å². The molecule has 0 aliphatic rings. The molecule has 0 aliphatic heterocycles. The van der Waals surface area contributed by atoms with Crippen LogP contribution < -0.4 is 26.7 Å². The maximum Gasteiger partial charge on any atom is 0.320 e. The van der Waals surface area contributed by atoms with Gasteiger partial charge in [0.15, 0.2) is 5.88 Å². The Bertz CT molecular complexity index is 1170. The summed E-state index contributed by atoms with van der Waals surface area (Å²) in [4.78, 5) is 48.8. The first-order valence-corrected chi connectivity index (χ1v) is 11.7. The van der Waals surface area contributed by atoms with Gasteiger partial charge in [0.05, 0.1) is 6.26 Å². The fraction of sp³-hybridized carbons (Fsp3) is 0.231. The van der Waals surface area contributed by atoms with Crippen molar-refractivity contribution in [2.45, 2.75) is 31.7 Å². The van der Waals surface area contributed by atoms with E-state index in [0.717, 1.165) is 6.42 Å². The molecule has 3 rings (SSSR count). The highest BCUT2D eigenvalue weighted by molar-refractivity contribution is 5.99. The number of urea groups is 1. The number of carbonyl (C=O) groups excluding carboxylic acids is 4. The first-order chi connectivity index (χ1) is 18.0. The molecule has 194 valence electrons. The zero-order valence-corrected chi connectivity index (χ0v) is 20.0. The predicted octanol–water partition coefficient (Wildman–Crippen LogP) is 3.58. The van der Waals surface area contributed by atoms with Crippen molar-refractivity contribution in [3.05, 3.63) is 84.1 Å². The molecule has 5 amide bonds. The second-order valence-electron chi connectivity index (χ2n) is 8.09. The highest BCUT2D eigenvalue weighted by Gasteiger charge is 2.23. The van der Waals surface area contributed by atoms with Gasteiger partial charge in [-0.1, -0.05) is 36.8 Å². The fourth-order valence-corrected chi connectivity index (χ4v) is 3.44.